The molecule has 20 heavy (non-hydrogen) atoms. The van der Waals surface area contributed by atoms with Crippen LogP contribution in [0, 0.1) is 11.3 Å². The van der Waals surface area contributed by atoms with Gasteiger partial charge < -0.3 is 0 Å². The molecule has 0 aromatic carbocycles. The molecule has 0 radical (unpaired) electrons. The van der Waals surface area contributed by atoms with Crippen LogP contribution < -0.4 is 0 Å². The Hall–Kier alpha value is -1.51. The van der Waals surface area contributed by atoms with Gasteiger partial charge in [0, 0.05) is 23.6 Å². The van der Waals surface area contributed by atoms with E-state index in [0.717, 1.165) is 6.42 Å². The molecule has 1 aromatic rings. The normalized spacial score (nSPS) is 19.6. The smallest absolute Gasteiger partial charge is 0.263 e. The number of fused-ring (bicyclic) bond motifs is 1. The van der Waals surface area contributed by atoms with Crippen LogP contribution >= 0.6 is 0 Å². The molecule has 0 fully saturated rings. The van der Waals surface area contributed by atoms with Crippen molar-refractivity contribution in [1.82, 2.24) is 9.78 Å². The van der Waals surface area contributed by atoms with Gasteiger partial charge in [-0.2, -0.15) is 23.5 Å². The quantitative estimate of drug-likeness (QED) is 0.783. The van der Waals surface area contributed by atoms with Crippen LogP contribution in [-0.4, -0.2) is 9.78 Å². The fourth-order valence-corrected chi connectivity index (χ4v) is 2.87. The van der Waals surface area contributed by atoms with E-state index in [1.54, 1.807) is 0 Å². The van der Waals surface area contributed by atoms with Gasteiger partial charge in [0.15, 0.2) is 5.69 Å². The highest BCUT2D eigenvalue weighted by atomic mass is 19.4. The number of aromatic nitrogens is 2. The molecule has 1 aliphatic carbocycles. The van der Waals surface area contributed by atoms with Gasteiger partial charge in [0.05, 0.1) is 11.6 Å². The van der Waals surface area contributed by atoms with E-state index in [1.165, 1.54) is 4.68 Å². The average Bonchev–Trinajstić information content (AvgIpc) is 2.69. The Bertz CT molecular complexity index is 544. The second-order valence-corrected chi connectivity index (χ2v) is 6.24. The monoisotopic (exact) mass is 285 g/mol. The summed E-state index contributed by atoms with van der Waals surface area (Å²) in [6, 6.07) is 2.00. The van der Waals surface area contributed by atoms with Gasteiger partial charge in [0.1, 0.15) is 0 Å². The van der Waals surface area contributed by atoms with Crippen molar-refractivity contribution in [2.45, 2.75) is 64.1 Å². The van der Waals surface area contributed by atoms with E-state index >= 15 is 0 Å². The number of alkyl halides is 3. The highest BCUT2D eigenvalue weighted by molar-refractivity contribution is 5.35. The van der Waals surface area contributed by atoms with Gasteiger partial charge in [-0.25, -0.2) is 0 Å². The van der Waals surface area contributed by atoms with E-state index in [4.69, 9.17) is 5.26 Å². The summed E-state index contributed by atoms with van der Waals surface area (Å²) in [6.07, 6.45) is -2.33. The molecule has 0 saturated heterocycles. The fraction of sp³-hybridized carbons (Fsp3) is 0.714. The lowest BCUT2D eigenvalue weighted by molar-refractivity contribution is -0.142. The molecule has 1 aliphatic rings. The highest BCUT2D eigenvalue weighted by Crippen LogP contribution is 2.43. The molecule has 1 heterocycles. The first-order valence-electron chi connectivity index (χ1n) is 6.72. The van der Waals surface area contributed by atoms with Crippen LogP contribution in [0.15, 0.2) is 0 Å². The van der Waals surface area contributed by atoms with E-state index in [0.29, 0.717) is 18.5 Å². The lowest BCUT2D eigenvalue weighted by atomic mass is 9.83. The first-order valence-corrected chi connectivity index (χ1v) is 6.72. The van der Waals surface area contributed by atoms with Gasteiger partial charge in [0.2, 0.25) is 0 Å². The Balaban J connectivity index is 2.66. The zero-order valence-corrected chi connectivity index (χ0v) is 11.9. The van der Waals surface area contributed by atoms with E-state index in [1.807, 2.05) is 26.8 Å². The van der Waals surface area contributed by atoms with Crippen molar-refractivity contribution < 1.29 is 13.2 Å². The topological polar surface area (TPSA) is 41.6 Å². The van der Waals surface area contributed by atoms with Gasteiger partial charge in [-0.15, -0.1) is 0 Å². The summed E-state index contributed by atoms with van der Waals surface area (Å²) < 4.78 is 41.2. The molecule has 3 nitrogen and oxygen atoms in total. The lowest BCUT2D eigenvalue weighted by Crippen LogP contribution is -2.26. The number of rotatable bonds is 1. The third-order valence-electron chi connectivity index (χ3n) is 3.64. The first-order chi connectivity index (χ1) is 9.16. The summed E-state index contributed by atoms with van der Waals surface area (Å²) in [4.78, 5) is 0. The van der Waals surface area contributed by atoms with Gasteiger partial charge in [-0.1, -0.05) is 0 Å². The molecular formula is C14H18F3N3. The number of nitriles is 1. The van der Waals surface area contributed by atoms with Crippen molar-refractivity contribution in [3.05, 3.63) is 17.0 Å². The Kier molecular flexibility index (Phi) is 3.57. The lowest BCUT2D eigenvalue weighted by Gasteiger charge is -2.27. The second kappa shape index (κ2) is 4.80. The van der Waals surface area contributed by atoms with E-state index in [-0.39, 0.29) is 17.9 Å². The molecule has 1 unspecified atom stereocenters. The third-order valence-corrected chi connectivity index (χ3v) is 3.64. The Morgan fingerprint density at radius 2 is 2.00 bits per heavy atom. The molecule has 0 saturated carbocycles. The van der Waals surface area contributed by atoms with Crippen LogP contribution in [-0.2, 0) is 18.1 Å². The van der Waals surface area contributed by atoms with Gasteiger partial charge >= 0.3 is 6.18 Å². The predicted molar refractivity (Wildman–Crippen MR) is 68.1 cm³/mol. The van der Waals surface area contributed by atoms with Crippen LogP contribution in [0.4, 0.5) is 13.2 Å². The van der Waals surface area contributed by atoms with Gasteiger partial charge in [-0.3, -0.25) is 4.68 Å². The van der Waals surface area contributed by atoms with Crippen LogP contribution in [0.3, 0.4) is 0 Å². The Morgan fingerprint density at radius 3 is 2.50 bits per heavy atom. The van der Waals surface area contributed by atoms with Crippen molar-refractivity contribution in [2.75, 3.05) is 0 Å². The highest BCUT2D eigenvalue weighted by Gasteiger charge is 2.43. The molecule has 0 aliphatic heterocycles. The van der Waals surface area contributed by atoms with Crippen molar-refractivity contribution in [1.29, 1.82) is 5.26 Å². The maximum atomic E-state index is 13.2. The van der Waals surface area contributed by atoms with Crippen molar-refractivity contribution in [2.24, 2.45) is 0 Å². The summed E-state index contributed by atoms with van der Waals surface area (Å²) in [5, 5.41) is 12.7. The van der Waals surface area contributed by atoms with Gasteiger partial charge in [0.25, 0.3) is 0 Å². The number of halogens is 3. The minimum Gasteiger partial charge on any atom is -0.263 e. The first kappa shape index (κ1) is 14.9. The third kappa shape index (κ3) is 2.54. The summed E-state index contributed by atoms with van der Waals surface area (Å²) in [5.41, 5.74) is -0.402. The number of hydrogen-bond acceptors (Lipinski definition) is 2. The summed E-state index contributed by atoms with van der Waals surface area (Å²) in [7, 11) is 0. The van der Waals surface area contributed by atoms with Gasteiger partial charge in [-0.05, 0) is 40.0 Å². The van der Waals surface area contributed by atoms with E-state index < -0.39 is 17.4 Å². The molecule has 1 atom stereocenters. The van der Waals surface area contributed by atoms with E-state index in [2.05, 4.69) is 5.10 Å². The molecule has 110 valence electrons. The molecular weight excluding hydrogens is 267 g/mol. The molecule has 1 aromatic heterocycles. The molecule has 0 amide bonds. The minimum atomic E-state index is -4.47. The van der Waals surface area contributed by atoms with Crippen LogP contribution in [0.2, 0.25) is 0 Å². The summed E-state index contributed by atoms with van der Waals surface area (Å²) >= 11 is 0. The minimum absolute atomic E-state index is 0.117. The largest absolute Gasteiger partial charge is 0.435 e. The SMILES string of the molecule is CC(C)(C)n1nc(C(F)(F)F)c2c1CCCC2CC#N. The zero-order chi connectivity index (χ0) is 15.1. The molecule has 2 rings (SSSR count). The maximum absolute atomic E-state index is 13.2. The maximum Gasteiger partial charge on any atom is 0.435 e. The number of hydrogen-bond donors (Lipinski definition) is 0. The number of nitrogens with zero attached hydrogens (tertiary/aromatic N) is 3. The van der Waals surface area contributed by atoms with Crippen molar-refractivity contribution in [3.63, 3.8) is 0 Å². The summed E-state index contributed by atoms with van der Waals surface area (Å²) in [6.45, 7) is 5.52. The van der Waals surface area contributed by atoms with Crippen molar-refractivity contribution >= 4 is 0 Å². The molecule has 0 N–H and O–H groups in total. The van der Waals surface area contributed by atoms with E-state index in [9.17, 15) is 13.2 Å². The Morgan fingerprint density at radius 1 is 1.35 bits per heavy atom. The average molecular weight is 285 g/mol. The second-order valence-electron chi connectivity index (χ2n) is 6.24. The molecule has 0 spiro atoms. The fourth-order valence-electron chi connectivity index (χ4n) is 2.87. The van der Waals surface area contributed by atoms with Crippen LogP contribution in [0.1, 0.15) is 62.9 Å². The van der Waals surface area contributed by atoms with Crippen molar-refractivity contribution in [3.8, 4) is 6.07 Å². The standard InChI is InChI=1S/C14H18F3N3/c1-13(2,3)20-10-6-4-5-9(7-8-18)11(10)12(19-20)14(15,16)17/h9H,4-7H2,1-3H3. The van der Waals surface area contributed by atoms with Crippen LogP contribution in [0.5, 0.6) is 0 Å². The molecule has 0 bridgehead atoms. The van der Waals surface area contributed by atoms with Crippen LogP contribution in [0.25, 0.3) is 0 Å². The molecule has 6 heteroatoms. The predicted octanol–water partition coefficient (Wildman–Crippen LogP) is 3.99. The zero-order valence-electron chi connectivity index (χ0n) is 11.9. The summed E-state index contributed by atoms with van der Waals surface area (Å²) in [5.74, 6) is -0.350. The Labute approximate surface area is 116 Å².